The maximum atomic E-state index is 13.4. The van der Waals surface area contributed by atoms with E-state index in [1.54, 1.807) is 19.2 Å². The summed E-state index contributed by atoms with van der Waals surface area (Å²) >= 11 is 0. The zero-order chi connectivity index (χ0) is 35.8. The van der Waals surface area contributed by atoms with Gasteiger partial charge < -0.3 is 45.6 Å². The molecule has 0 radical (unpaired) electrons. The number of aliphatic hydroxyl groups excluding tert-OH is 1. The maximum Gasteiger partial charge on any atom is 0.415 e. The van der Waals surface area contributed by atoms with Gasteiger partial charge in [0.25, 0.3) is 0 Å². The van der Waals surface area contributed by atoms with E-state index in [2.05, 4.69) is 21.3 Å². The van der Waals surface area contributed by atoms with Gasteiger partial charge in [0.1, 0.15) is 12.1 Å². The second-order valence-electron chi connectivity index (χ2n) is 12.0. The number of amides is 5. The van der Waals surface area contributed by atoms with Gasteiger partial charge in [-0.15, -0.1) is 0 Å². The highest BCUT2D eigenvalue weighted by Crippen LogP contribution is 2.33. The van der Waals surface area contributed by atoms with Crippen LogP contribution >= 0.6 is 9.90 Å². The fourth-order valence-electron chi connectivity index (χ4n) is 4.74. The summed E-state index contributed by atoms with van der Waals surface area (Å²) in [5.41, 5.74) is 2.06. The van der Waals surface area contributed by atoms with Crippen LogP contribution in [0, 0.1) is 12.8 Å². The number of hydrogen-bond acceptors (Lipinski definition) is 9. The largest absolute Gasteiger partial charge is 0.493 e. The average Bonchev–Trinajstić information content (AvgIpc) is 3.05. The molecule has 0 aliphatic carbocycles. The number of methoxy groups -OCH3 is 1. The van der Waals surface area contributed by atoms with Crippen molar-refractivity contribution in [2.24, 2.45) is 5.92 Å². The second kappa shape index (κ2) is 23.2. The van der Waals surface area contributed by atoms with Crippen molar-refractivity contribution < 1.29 is 38.6 Å². The van der Waals surface area contributed by atoms with Gasteiger partial charge in [0.2, 0.25) is 23.6 Å². The highest BCUT2D eigenvalue weighted by atomic mass is 31.0. The summed E-state index contributed by atoms with van der Waals surface area (Å²) in [4.78, 5) is 67.2. The number of rotatable bonds is 18. The third-order valence-corrected chi connectivity index (χ3v) is 7.39. The molecule has 50 heavy (non-hydrogen) atoms. The molecule has 0 aliphatic rings. The van der Waals surface area contributed by atoms with Gasteiger partial charge in [-0.25, -0.2) is 4.79 Å². The molecule has 0 fully saturated rings. The number of carbonyl (C=O) groups is 5. The van der Waals surface area contributed by atoms with Gasteiger partial charge in [-0.1, -0.05) is 51.6 Å². The number of nitrogens with one attached hydrogen (secondary N) is 4. The van der Waals surface area contributed by atoms with E-state index in [-0.39, 0.29) is 74.1 Å². The minimum absolute atomic E-state index is 0. The molecule has 0 spiro atoms. The van der Waals surface area contributed by atoms with Crippen LogP contribution < -0.4 is 30.7 Å². The van der Waals surface area contributed by atoms with Crippen LogP contribution in [-0.2, 0) is 32.2 Å². The lowest BCUT2D eigenvalue weighted by molar-refractivity contribution is -0.134. The highest BCUT2D eigenvalue weighted by molar-refractivity contribution is 6.92. The number of nitrogens with zero attached hydrogens (tertiary/aromatic N) is 2. The van der Waals surface area contributed by atoms with E-state index in [1.807, 2.05) is 51.1 Å². The summed E-state index contributed by atoms with van der Waals surface area (Å²) < 4.78 is 10.8. The Hall–Kier alpha value is -4.26. The molecule has 2 aromatic carbocycles. The van der Waals surface area contributed by atoms with Gasteiger partial charge in [0, 0.05) is 39.2 Å². The van der Waals surface area contributed by atoms with E-state index in [9.17, 15) is 29.1 Å². The minimum atomic E-state index is -0.946. The highest BCUT2D eigenvalue weighted by Gasteiger charge is 2.28. The molecule has 5 amide bonds. The van der Waals surface area contributed by atoms with Gasteiger partial charge in [-0.3, -0.25) is 19.2 Å². The van der Waals surface area contributed by atoms with Crippen LogP contribution in [-0.4, -0.2) is 111 Å². The Morgan fingerprint density at radius 1 is 0.900 bits per heavy atom. The van der Waals surface area contributed by atoms with Crippen molar-refractivity contribution in [2.75, 3.05) is 54.4 Å². The summed E-state index contributed by atoms with van der Waals surface area (Å²) in [5.74, 6) is -1.37. The van der Waals surface area contributed by atoms with E-state index < -0.39 is 35.9 Å². The molecule has 14 nitrogen and oxygen atoms in total. The van der Waals surface area contributed by atoms with Crippen molar-refractivity contribution >= 4 is 39.6 Å². The molecule has 0 aliphatic heterocycles. The Bertz CT molecular complexity index is 1370. The van der Waals surface area contributed by atoms with Crippen LogP contribution in [0.2, 0.25) is 0 Å². The van der Waals surface area contributed by atoms with Gasteiger partial charge in [0.05, 0.1) is 26.8 Å². The average molecular weight is 721 g/mol. The van der Waals surface area contributed by atoms with Gasteiger partial charge in [-0.2, -0.15) is 9.90 Å². The van der Waals surface area contributed by atoms with Crippen molar-refractivity contribution in [3.8, 4) is 11.5 Å². The molecule has 3 atom stereocenters. The molecule has 3 unspecified atom stereocenters. The van der Waals surface area contributed by atoms with Crippen LogP contribution in [0.15, 0.2) is 42.5 Å². The lowest BCUT2D eigenvalue weighted by Gasteiger charge is -2.25. The number of carbonyl (C=O) groups excluding carboxylic acids is 5. The van der Waals surface area contributed by atoms with Gasteiger partial charge in [-0.05, 0) is 49.6 Å². The summed E-state index contributed by atoms with van der Waals surface area (Å²) in [5, 5.41) is 20.6. The zero-order valence-electron chi connectivity index (χ0n) is 29.6. The van der Waals surface area contributed by atoms with E-state index in [0.717, 1.165) is 11.1 Å². The molecule has 0 saturated heterocycles. The normalized spacial score (nSPS) is 11.5. The second-order valence-corrected chi connectivity index (χ2v) is 12.0. The first kappa shape index (κ1) is 45.7. The first-order valence-corrected chi connectivity index (χ1v) is 15.8. The topological polar surface area (TPSA) is 179 Å². The number of aryl methyl sites for hydroxylation is 1. The molecule has 5 N–H and O–H groups in total. The van der Waals surface area contributed by atoms with Crippen molar-refractivity contribution in [1.82, 2.24) is 31.1 Å². The van der Waals surface area contributed by atoms with Crippen LogP contribution in [0.5, 0.6) is 11.5 Å². The van der Waals surface area contributed by atoms with Gasteiger partial charge >= 0.3 is 6.09 Å². The molecule has 15 heteroatoms. The van der Waals surface area contributed by atoms with Crippen LogP contribution in [0.25, 0.3) is 0 Å². The molecular formula is C35H57N6O8P. The predicted octanol–water partition coefficient (Wildman–Crippen LogP) is 1.67. The smallest absolute Gasteiger partial charge is 0.415 e. The third-order valence-electron chi connectivity index (χ3n) is 7.39. The molecule has 2 aromatic rings. The summed E-state index contributed by atoms with van der Waals surface area (Å²) in [7, 11) is 6.10. The zero-order valence-corrected chi connectivity index (χ0v) is 31.0. The molecule has 0 aromatic heterocycles. The Kier molecular flexibility index (Phi) is 21.2. The van der Waals surface area contributed by atoms with E-state index in [1.165, 1.54) is 31.0 Å². The Balaban J connectivity index is 0.0000120. The number of hydrogen-bond donors (Lipinski definition) is 5. The monoisotopic (exact) mass is 720 g/mol. The predicted molar refractivity (Wildman–Crippen MR) is 198 cm³/mol. The summed E-state index contributed by atoms with van der Waals surface area (Å²) in [6.07, 6.45) is -0.174. The number of aliphatic hydroxyl groups is 1. The SMILES string of the molecule is C.CNCC(=O)NC(Cc1ccccc1)C(=O)NC(CC(C)C)C(=O)NCC(=O)N(C)CCN(C)C(=O)Oc1c(CO)cc(C)cc1OC.P. The molecule has 280 valence electrons. The fourth-order valence-corrected chi connectivity index (χ4v) is 4.74. The maximum absolute atomic E-state index is 13.4. The molecular weight excluding hydrogens is 663 g/mol. The molecule has 0 heterocycles. The molecule has 2 rings (SSSR count). The van der Waals surface area contributed by atoms with E-state index in [4.69, 9.17) is 9.47 Å². The lowest BCUT2D eigenvalue weighted by atomic mass is 10.0. The van der Waals surface area contributed by atoms with E-state index in [0.29, 0.717) is 17.7 Å². The van der Waals surface area contributed by atoms with Gasteiger partial charge in [0.15, 0.2) is 11.5 Å². The summed E-state index contributed by atoms with van der Waals surface area (Å²) in [6, 6.07) is 10.7. The summed E-state index contributed by atoms with van der Waals surface area (Å²) in [6.45, 7) is 5.23. The minimum Gasteiger partial charge on any atom is -0.493 e. The van der Waals surface area contributed by atoms with Crippen molar-refractivity contribution in [3.05, 3.63) is 59.2 Å². The van der Waals surface area contributed by atoms with Crippen LogP contribution in [0.1, 0.15) is 44.4 Å². The quantitative estimate of drug-likeness (QED) is 0.143. The van der Waals surface area contributed by atoms with E-state index >= 15 is 0 Å². The first-order chi connectivity index (χ1) is 22.8. The third kappa shape index (κ3) is 15.1. The van der Waals surface area contributed by atoms with Crippen molar-refractivity contribution in [3.63, 3.8) is 0 Å². The Morgan fingerprint density at radius 3 is 2.12 bits per heavy atom. The number of benzene rings is 2. The fraction of sp³-hybridized carbons (Fsp3) is 0.514. The lowest BCUT2D eigenvalue weighted by Crippen LogP contribution is -2.56. The number of ether oxygens (including phenoxy) is 2. The first-order valence-electron chi connectivity index (χ1n) is 15.8. The van der Waals surface area contributed by atoms with Crippen LogP contribution in [0.3, 0.4) is 0 Å². The van der Waals surface area contributed by atoms with Crippen molar-refractivity contribution in [2.45, 2.75) is 59.7 Å². The van der Waals surface area contributed by atoms with Crippen LogP contribution in [0.4, 0.5) is 4.79 Å². The molecule has 0 saturated carbocycles. The molecule has 0 bridgehead atoms. The van der Waals surface area contributed by atoms with Crippen molar-refractivity contribution in [1.29, 1.82) is 0 Å². The number of likely N-dealkylation sites (N-methyl/N-ethyl adjacent to an activating group) is 3. The standard InChI is InChI=1S/C34H50N6O8.CH4.H3P/c1-22(2)15-26(38-33(45)27(37-29(42)19-35-4)18-24-11-9-8-10-12-24)32(44)36-20-30(43)39(5)13-14-40(6)34(46)48-31-25(21-41)16-23(3)17-28(31)47-7;;/h8-12,16-17,22,26-27,35,41H,13-15,18-21H2,1-7H3,(H,36,44)(H,37,42)(H,38,45);1H4;1H3. The Morgan fingerprint density at radius 2 is 1.54 bits per heavy atom. The Labute approximate surface area is 299 Å².